The molecule has 0 aromatic heterocycles. The van der Waals surface area contributed by atoms with Gasteiger partial charge in [-0.1, -0.05) is 23.7 Å². The van der Waals surface area contributed by atoms with Crippen LogP contribution in [0.25, 0.3) is 0 Å². The minimum Gasteiger partial charge on any atom is -0.486 e. The van der Waals surface area contributed by atoms with Gasteiger partial charge in [0.15, 0.2) is 24.2 Å². The molecule has 2 aromatic rings. The van der Waals surface area contributed by atoms with Crippen LogP contribution < -0.4 is 19.1 Å². The van der Waals surface area contributed by atoms with E-state index in [0.717, 1.165) is 0 Å². The quantitative estimate of drug-likeness (QED) is 0.785. The van der Waals surface area contributed by atoms with Crippen LogP contribution >= 0.6 is 11.6 Å². The molecule has 0 saturated carbocycles. The maximum absolute atomic E-state index is 12.7. The van der Waals surface area contributed by atoms with Gasteiger partial charge in [-0.15, -0.1) is 0 Å². The van der Waals surface area contributed by atoms with E-state index in [4.69, 9.17) is 25.8 Å². The normalized spacial score (nSPS) is 17.6. The summed E-state index contributed by atoms with van der Waals surface area (Å²) in [6.45, 7) is 0.482. The Kier molecular flexibility index (Phi) is 5.00. The Morgan fingerprint density at radius 3 is 2.79 bits per heavy atom. The largest absolute Gasteiger partial charge is 0.486 e. The van der Waals surface area contributed by atoms with Gasteiger partial charge in [-0.05, 0) is 30.3 Å². The molecule has 8 heteroatoms. The van der Waals surface area contributed by atoms with Crippen LogP contribution in [0.4, 0.5) is 5.69 Å². The summed E-state index contributed by atoms with van der Waals surface area (Å²) in [7, 11) is 1.68. The Balaban J connectivity index is 1.41. The number of halogens is 1. The number of ether oxygens (including phenoxy) is 3. The first kappa shape index (κ1) is 18.4. The molecular weight excluding hydrogens is 384 g/mol. The first-order valence-electron chi connectivity index (χ1n) is 8.86. The number of hydrogen-bond acceptors (Lipinski definition) is 5. The van der Waals surface area contributed by atoms with Gasteiger partial charge in [0.25, 0.3) is 5.91 Å². The van der Waals surface area contributed by atoms with Crippen molar-refractivity contribution in [3.05, 3.63) is 47.5 Å². The fourth-order valence-corrected chi connectivity index (χ4v) is 3.33. The molecule has 2 aromatic carbocycles. The van der Waals surface area contributed by atoms with Crippen LogP contribution in [-0.4, -0.2) is 56.2 Å². The Labute approximate surface area is 167 Å². The molecule has 0 spiro atoms. The van der Waals surface area contributed by atoms with Gasteiger partial charge < -0.3 is 19.1 Å². The van der Waals surface area contributed by atoms with E-state index in [1.54, 1.807) is 25.2 Å². The third-order valence-corrected chi connectivity index (χ3v) is 4.86. The van der Waals surface area contributed by atoms with Crippen molar-refractivity contribution in [2.75, 3.05) is 38.3 Å². The molecule has 4 rings (SSSR count). The lowest BCUT2D eigenvalue weighted by Crippen LogP contribution is -2.48. The van der Waals surface area contributed by atoms with Gasteiger partial charge in [-0.2, -0.15) is 0 Å². The predicted molar refractivity (Wildman–Crippen MR) is 103 cm³/mol. The van der Waals surface area contributed by atoms with E-state index in [9.17, 15) is 9.59 Å². The molecule has 146 valence electrons. The third-order valence-electron chi connectivity index (χ3n) is 4.63. The molecule has 1 unspecified atom stereocenters. The van der Waals surface area contributed by atoms with Crippen molar-refractivity contribution < 1.29 is 23.8 Å². The topological polar surface area (TPSA) is 68.3 Å². The number of benzene rings is 2. The van der Waals surface area contributed by atoms with Crippen LogP contribution in [0.5, 0.6) is 17.2 Å². The van der Waals surface area contributed by atoms with Gasteiger partial charge in [0.1, 0.15) is 18.9 Å². The molecule has 28 heavy (non-hydrogen) atoms. The van der Waals surface area contributed by atoms with Gasteiger partial charge in [0, 0.05) is 12.1 Å². The van der Waals surface area contributed by atoms with Gasteiger partial charge in [-0.3, -0.25) is 14.5 Å². The van der Waals surface area contributed by atoms with Gasteiger partial charge in [-0.25, -0.2) is 0 Å². The van der Waals surface area contributed by atoms with Crippen molar-refractivity contribution in [3.63, 3.8) is 0 Å². The number of carbonyl (C=O) groups excluding carboxylic acids is 2. The number of nitrogens with zero attached hydrogens (tertiary/aromatic N) is 2. The summed E-state index contributed by atoms with van der Waals surface area (Å²) < 4.78 is 17.0. The number of carbonyl (C=O) groups is 2. The highest BCUT2D eigenvalue weighted by Crippen LogP contribution is 2.34. The molecule has 0 saturated heterocycles. The number of amides is 2. The highest BCUT2D eigenvalue weighted by Gasteiger charge is 2.30. The van der Waals surface area contributed by atoms with E-state index < -0.39 is 0 Å². The summed E-state index contributed by atoms with van der Waals surface area (Å²) in [5, 5.41) is 0.467. The average molecular weight is 403 g/mol. The van der Waals surface area contributed by atoms with Crippen molar-refractivity contribution in [1.29, 1.82) is 0 Å². The van der Waals surface area contributed by atoms with Crippen molar-refractivity contribution >= 4 is 29.1 Å². The van der Waals surface area contributed by atoms with Crippen molar-refractivity contribution in [2.45, 2.75) is 6.10 Å². The van der Waals surface area contributed by atoms with Crippen LogP contribution in [-0.2, 0) is 9.59 Å². The molecule has 0 N–H and O–H groups in total. The molecule has 7 nitrogen and oxygen atoms in total. The van der Waals surface area contributed by atoms with Crippen molar-refractivity contribution in [2.24, 2.45) is 0 Å². The summed E-state index contributed by atoms with van der Waals surface area (Å²) in [5.41, 5.74) is 0.497. The maximum atomic E-state index is 12.7. The van der Waals surface area contributed by atoms with E-state index >= 15 is 0 Å². The lowest BCUT2D eigenvalue weighted by atomic mass is 10.2. The predicted octanol–water partition coefficient (Wildman–Crippen LogP) is 2.36. The maximum Gasteiger partial charge on any atom is 0.265 e. The smallest absolute Gasteiger partial charge is 0.265 e. The molecule has 0 aliphatic carbocycles. The fourth-order valence-electron chi connectivity index (χ4n) is 3.16. The zero-order valence-corrected chi connectivity index (χ0v) is 16.0. The minimum absolute atomic E-state index is 0.101. The number of hydrogen-bond donors (Lipinski definition) is 0. The average Bonchev–Trinajstić information content (AvgIpc) is 2.70. The van der Waals surface area contributed by atoms with E-state index in [2.05, 4.69) is 0 Å². The van der Waals surface area contributed by atoms with E-state index in [0.29, 0.717) is 41.1 Å². The van der Waals surface area contributed by atoms with Crippen molar-refractivity contribution in [3.8, 4) is 17.2 Å². The lowest BCUT2D eigenvalue weighted by Gasteiger charge is -2.32. The number of fused-ring (bicyclic) bond motifs is 2. The minimum atomic E-state index is -0.289. The lowest BCUT2D eigenvalue weighted by molar-refractivity contribution is -0.132. The van der Waals surface area contributed by atoms with Gasteiger partial charge >= 0.3 is 0 Å². The first-order chi connectivity index (χ1) is 13.5. The molecule has 2 amide bonds. The second-order valence-electron chi connectivity index (χ2n) is 6.65. The van der Waals surface area contributed by atoms with E-state index in [-0.39, 0.29) is 31.1 Å². The Morgan fingerprint density at radius 1 is 1.18 bits per heavy atom. The Bertz CT molecular complexity index is 919. The molecule has 2 aliphatic rings. The Hall–Kier alpha value is -2.93. The zero-order chi connectivity index (χ0) is 19.7. The number of likely N-dealkylation sites (N-methyl/N-ethyl adjacent to an activating group) is 1. The molecule has 2 aliphatic heterocycles. The zero-order valence-electron chi connectivity index (χ0n) is 15.3. The monoisotopic (exact) mass is 402 g/mol. The van der Waals surface area contributed by atoms with Crippen LogP contribution in [0, 0.1) is 0 Å². The number of rotatable bonds is 4. The second kappa shape index (κ2) is 7.59. The van der Waals surface area contributed by atoms with Gasteiger partial charge in [0.05, 0.1) is 12.2 Å². The number of anilines is 1. The van der Waals surface area contributed by atoms with E-state index in [1.165, 1.54) is 9.80 Å². The highest BCUT2D eigenvalue weighted by molar-refractivity contribution is 6.31. The molecular formula is C20H19ClN2O5. The molecule has 0 bridgehead atoms. The highest BCUT2D eigenvalue weighted by atomic mass is 35.5. The Morgan fingerprint density at radius 2 is 1.96 bits per heavy atom. The van der Waals surface area contributed by atoms with Crippen LogP contribution in [0.3, 0.4) is 0 Å². The molecule has 1 atom stereocenters. The summed E-state index contributed by atoms with van der Waals surface area (Å²) in [5.74, 6) is 1.37. The molecule has 2 heterocycles. The number of para-hydroxylation sites is 2. The third kappa shape index (κ3) is 3.71. The fraction of sp³-hybridized carbons (Fsp3) is 0.300. The summed E-state index contributed by atoms with van der Waals surface area (Å²) in [6, 6.07) is 12.4. The first-order valence-corrected chi connectivity index (χ1v) is 9.24. The SMILES string of the molecule is CN(CC1COc2ccccc2O1)C(=O)CN1C(=O)COc2ccc(Cl)cc21. The summed E-state index contributed by atoms with van der Waals surface area (Å²) in [6.07, 6.45) is -0.286. The van der Waals surface area contributed by atoms with Crippen LogP contribution in [0.15, 0.2) is 42.5 Å². The second-order valence-corrected chi connectivity index (χ2v) is 7.09. The van der Waals surface area contributed by atoms with Crippen molar-refractivity contribution in [1.82, 2.24) is 4.90 Å². The summed E-state index contributed by atoms with van der Waals surface area (Å²) >= 11 is 6.04. The van der Waals surface area contributed by atoms with Gasteiger partial charge in [0.2, 0.25) is 5.91 Å². The molecule has 0 fully saturated rings. The summed E-state index contributed by atoms with van der Waals surface area (Å²) in [4.78, 5) is 28.0. The standard InChI is InChI=1S/C20H19ClN2O5/c1-22(9-14-11-26-17-4-2-3-5-18(17)28-14)19(24)10-23-15-8-13(21)6-7-16(15)27-12-20(23)25/h2-8,14H,9-12H2,1H3. The van der Waals surface area contributed by atoms with Crippen LogP contribution in [0.1, 0.15) is 0 Å². The van der Waals surface area contributed by atoms with Crippen LogP contribution in [0.2, 0.25) is 5.02 Å². The molecule has 0 radical (unpaired) electrons. The van der Waals surface area contributed by atoms with E-state index in [1.807, 2.05) is 24.3 Å².